The number of fused-ring (bicyclic) bond motifs is 2. The Bertz CT molecular complexity index is 2330. The van der Waals surface area contributed by atoms with Gasteiger partial charge in [-0.15, -0.1) is 26.3 Å². The van der Waals surface area contributed by atoms with Crippen LogP contribution in [0.5, 0.6) is 11.5 Å². The summed E-state index contributed by atoms with van der Waals surface area (Å²) in [7, 11) is 0. The number of nitrogens with zero attached hydrogens (tertiary/aromatic N) is 2. The molecule has 4 aliphatic rings. The Morgan fingerprint density at radius 3 is 1.34 bits per heavy atom. The molecule has 2 saturated heterocycles. The molecule has 2 aromatic carbocycles. The number of ether oxygens (including phenoxy) is 2. The van der Waals surface area contributed by atoms with Crippen molar-refractivity contribution < 1.29 is 64.6 Å². The summed E-state index contributed by atoms with van der Waals surface area (Å²) in [5, 5.41) is 17.2. The van der Waals surface area contributed by atoms with E-state index in [4.69, 9.17) is 0 Å². The van der Waals surface area contributed by atoms with E-state index in [1.165, 1.54) is 36.4 Å². The zero-order valence-electron chi connectivity index (χ0n) is 36.6. The van der Waals surface area contributed by atoms with Gasteiger partial charge in [0, 0.05) is 50.9 Å². The van der Waals surface area contributed by atoms with Gasteiger partial charge in [-0.1, -0.05) is 61.2 Å². The van der Waals surface area contributed by atoms with Crippen LogP contribution in [0.2, 0.25) is 0 Å². The maximum Gasteiger partial charge on any atom is 0.573 e. The number of hydrogen-bond donors (Lipinski definition) is 6. The van der Waals surface area contributed by atoms with E-state index >= 15 is 0 Å². The Hall–Kier alpha value is -5.78. The fourth-order valence-electron chi connectivity index (χ4n) is 9.17. The number of nitrogens with one attached hydrogen (secondary N) is 6. The van der Waals surface area contributed by atoms with E-state index in [9.17, 15) is 55.1 Å². The number of hydrogen-bond acceptors (Lipinski definition) is 12. The van der Waals surface area contributed by atoms with Gasteiger partial charge in [0.15, 0.2) is 10.3 Å². The molecule has 4 fully saturated rings. The van der Waals surface area contributed by atoms with Crippen molar-refractivity contribution >= 4 is 88.8 Å². The number of rotatable bonds is 14. The molecule has 4 heterocycles. The maximum absolute atomic E-state index is 12.9. The normalized spacial score (nSPS) is 20.1. The van der Waals surface area contributed by atoms with Crippen molar-refractivity contribution in [2.45, 2.75) is 128 Å². The topological polar surface area (TPSA) is 219 Å². The zero-order chi connectivity index (χ0) is 48.7. The highest BCUT2D eigenvalue weighted by Gasteiger charge is 2.39. The van der Waals surface area contributed by atoms with Crippen LogP contribution in [0.1, 0.15) is 103 Å². The summed E-state index contributed by atoms with van der Waals surface area (Å²) < 4.78 is 83.5. The number of halogens is 6. The minimum Gasteiger partial charge on any atom is -0.406 e. The molecule has 2 saturated carbocycles. The second kappa shape index (κ2) is 21.2. The third kappa shape index (κ3) is 14.1. The SMILES string of the molecule is O=C(CC1(CNC(=O)[C@@H]2CCC(=O)N2)CCCCC1)Nc1nc2ccc(OC(F)(F)F)cc2s1.O=C(CC1(CNC(=O)[C@@H]2CCC(=O)N2)CCCCC1)Nc1nc2ccc(OC(F)(F)F)cc2s1. The molecule has 24 heteroatoms. The van der Waals surface area contributed by atoms with Gasteiger partial charge in [0.05, 0.1) is 20.4 Å². The minimum atomic E-state index is -4.79. The number of amides is 6. The number of carbonyl (C=O) groups excluding carboxylic acids is 6. The van der Waals surface area contributed by atoms with Gasteiger partial charge in [0.25, 0.3) is 0 Å². The molecule has 368 valence electrons. The fraction of sp³-hybridized carbons (Fsp3) is 0.545. The quantitative estimate of drug-likeness (QED) is 0.0675. The average Bonchev–Trinajstić information content (AvgIpc) is 4.08. The molecular formula is C44H50F6N8O8S2. The Balaban J connectivity index is 0.000000201. The van der Waals surface area contributed by atoms with Crippen LogP contribution in [0.15, 0.2) is 36.4 Å². The molecule has 0 unspecified atom stereocenters. The molecule has 0 radical (unpaired) electrons. The summed E-state index contributed by atoms with van der Waals surface area (Å²) in [6.45, 7) is 0.674. The van der Waals surface area contributed by atoms with Crippen LogP contribution in [-0.4, -0.2) is 83.3 Å². The van der Waals surface area contributed by atoms with Gasteiger partial charge >= 0.3 is 12.7 Å². The lowest BCUT2D eigenvalue weighted by Gasteiger charge is -2.37. The van der Waals surface area contributed by atoms with Crippen molar-refractivity contribution in [1.29, 1.82) is 0 Å². The molecule has 2 aromatic heterocycles. The van der Waals surface area contributed by atoms with Crippen LogP contribution in [0.4, 0.5) is 36.6 Å². The molecule has 68 heavy (non-hydrogen) atoms. The van der Waals surface area contributed by atoms with E-state index in [0.29, 0.717) is 59.2 Å². The molecule has 2 aliphatic carbocycles. The number of anilines is 2. The highest BCUT2D eigenvalue weighted by atomic mass is 32.1. The van der Waals surface area contributed by atoms with Crippen molar-refractivity contribution in [3.05, 3.63) is 36.4 Å². The summed E-state index contributed by atoms with van der Waals surface area (Å²) in [5.74, 6) is -1.99. The van der Waals surface area contributed by atoms with E-state index in [1.54, 1.807) is 0 Å². The van der Waals surface area contributed by atoms with Gasteiger partial charge in [-0.2, -0.15) is 0 Å². The molecule has 8 rings (SSSR count). The molecule has 6 N–H and O–H groups in total. The van der Waals surface area contributed by atoms with E-state index in [2.05, 4.69) is 51.3 Å². The lowest BCUT2D eigenvalue weighted by atomic mass is 9.71. The predicted molar refractivity (Wildman–Crippen MR) is 238 cm³/mol. The van der Waals surface area contributed by atoms with Crippen LogP contribution in [0.3, 0.4) is 0 Å². The second-order valence-electron chi connectivity index (χ2n) is 17.7. The first-order chi connectivity index (χ1) is 32.2. The number of thiazole rings is 2. The monoisotopic (exact) mass is 996 g/mol. The van der Waals surface area contributed by atoms with Crippen molar-refractivity contribution in [3.63, 3.8) is 0 Å². The number of aromatic nitrogens is 2. The Morgan fingerprint density at radius 1 is 0.618 bits per heavy atom. The smallest absolute Gasteiger partial charge is 0.406 e. The fourth-order valence-corrected chi connectivity index (χ4v) is 11.0. The van der Waals surface area contributed by atoms with E-state index in [0.717, 1.165) is 86.9 Å². The summed E-state index contributed by atoms with van der Waals surface area (Å²) in [5.41, 5.74) is 0.108. The Morgan fingerprint density at radius 2 is 1.00 bits per heavy atom. The van der Waals surface area contributed by atoms with Gasteiger partial charge in [0.2, 0.25) is 35.4 Å². The van der Waals surface area contributed by atoms with Crippen molar-refractivity contribution in [2.75, 3.05) is 23.7 Å². The molecular weight excluding hydrogens is 947 g/mol. The second-order valence-corrected chi connectivity index (χ2v) is 19.8. The van der Waals surface area contributed by atoms with Gasteiger partial charge in [-0.05, 0) is 73.6 Å². The third-order valence-electron chi connectivity index (χ3n) is 12.5. The molecule has 2 aliphatic heterocycles. The number of alkyl halides is 6. The Kier molecular flexibility index (Phi) is 15.7. The molecule has 0 spiro atoms. The van der Waals surface area contributed by atoms with E-state index in [1.807, 2.05) is 0 Å². The van der Waals surface area contributed by atoms with Gasteiger partial charge < -0.3 is 41.4 Å². The third-order valence-corrected chi connectivity index (χ3v) is 14.3. The van der Waals surface area contributed by atoms with Crippen LogP contribution in [0.25, 0.3) is 20.4 Å². The number of benzene rings is 2. The standard InChI is InChI=1S/2C22H25F3N4O4S/c2*23-22(24,25)33-13-4-5-14-16(10-13)34-20(28-14)29-18(31)11-21(8-2-1-3-9-21)12-26-19(32)15-6-7-17(30)27-15/h2*4-5,10,15H,1-3,6-9,11-12H2,(H,26,32)(H,27,30)(H,28,29,31)/t2*15-/m00/s1. The summed E-state index contributed by atoms with van der Waals surface area (Å²) >= 11 is 2.12. The lowest BCUT2D eigenvalue weighted by Crippen LogP contribution is -2.47. The van der Waals surface area contributed by atoms with Crippen molar-refractivity contribution in [3.8, 4) is 11.5 Å². The predicted octanol–water partition coefficient (Wildman–Crippen LogP) is 7.74. The summed E-state index contributed by atoms with van der Waals surface area (Å²) in [6.07, 6.45) is 1.46. The van der Waals surface area contributed by atoms with E-state index in [-0.39, 0.29) is 70.0 Å². The number of carbonyl (C=O) groups is 6. The van der Waals surface area contributed by atoms with Crippen LogP contribution in [-0.2, 0) is 28.8 Å². The highest BCUT2D eigenvalue weighted by molar-refractivity contribution is 7.22. The van der Waals surface area contributed by atoms with Gasteiger partial charge in [-0.3, -0.25) is 28.8 Å². The summed E-state index contributed by atoms with van der Waals surface area (Å²) in [6, 6.07) is 6.56. The first kappa shape index (κ1) is 50.1. The molecule has 6 amide bonds. The Labute approximate surface area is 393 Å². The first-order valence-electron chi connectivity index (χ1n) is 22.3. The summed E-state index contributed by atoms with van der Waals surface area (Å²) in [4.78, 5) is 82.0. The largest absolute Gasteiger partial charge is 0.573 e. The highest BCUT2D eigenvalue weighted by Crippen LogP contribution is 2.41. The van der Waals surface area contributed by atoms with Crippen LogP contribution < -0.4 is 41.4 Å². The van der Waals surface area contributed by atoms with Crippen LogP contribution in [0, 0.1) is 10.8 Å². The molecule has 2 atom stereocenters. The van der Waals surface area contributed by atoms with Gasteiger partial charge in [0.1, 0.15) is 23.6 Å². The van der Waals surface area contributed by atoms with Crippen LogP contribution >= 0.6 is 22.7 Å². The first-order valence-corrected chi connectivity index (χ1v) is 23.9. The molecule has 16 nitrogen and oxygen atoms in total. The van der Waals surface area contributed by atoms with Gasteiger partial charge in [-0.25, -0.2) is 9.97 Å². The average molecular weight is 997 g/mol. The molecule has 0 bridgehead atoms. The van der Waals surface area contributed by atoms with Crippen molar-refractivity contribution in [1.82, 2.24) is 31.2 Å². The molecule has 4 aromatic rings. The minimum absolute atomic E-state index is 0.139. The van der Waals surface area contributed by atoms with Crippen molar-refractivity contribution in [2.24, 2.45) is 10.8 Å². The lowest BCUT2D eigenvalue weighted by molar-refractivity contribution is -0.275. The zero-order valence-corrected chi connectivity index (χ0v) is 38.2. The van der Waals surface area contributed by atoms with E-state index < -0.39 is 35.6 Å². The maximum atomic E-state index is 12.9.